The van der Waals surface area contributed by atoms with Crippen molar-refractivity contribution in [3.63, 3.8) is 0 Å². The molecule has 26 heavy (non-hydrogen) atoms. The van der Waals surface area contributed by atoms with Crippen LogP contribution in [-0.2, 0) is 11.2 Å². The van der Waals surface area contributed by atoms with E-state index >= 15 is 0 Å². The molecule has 6 heteroatoms. The minimum absolute atomic E-state index is 0.0544. The lowest BCUT2D eigenvalue weighted by Gasteiger charge is -2.21. The summed E-state index contributed by atoms with van der Waals surface area (Å²) in [7, 11) is 0. The van der Waals surface area contributed by atoms with Gasteiger partial charge in [-0.3, -0.25) is 4.79 Å². The molecule has 0 unspecified atom stereocenters. The van der Waals surface area contributed by atoms with Gasteiger partial charge in [-0.1, -0.05) is 36.4 Å². The number of nitrogens with one attached hydrogen (secondary N) is 1. The molecule has 0 aliphatic rings. The maximum Gasteiger partial charge on any atom is 0.230 e. The van der Waals surface area contributed by atoms with Gasteiger partial charge in [0.2, 0.25) is 5.91 Å². The first-order valence-corrected chi connectivity index (χ1v) is 8.37. The molecular formula is C20H19FN4O. The van der Waals surface area contributed by atoms with Gasteiger partial charge >= 0.3 is 0 Å². The molecule has 0 aliphatic carbocycles. The fraction of sp³-hybridized carbons (Fsp3) is 0.150. The van der Waals surface area contributed by atoms with Crippen molar-refractivity contribution in [1.82, 2.24) is 10.2 Å². The molecule has 0 atom stereocenters. The number of carbonyl (C=O) groups excluding carboxylic acids is 1. The molecule has 1 heterocycles. The van der Waals surface area contributed by atoms with Crippen LogP contribution in [0.2, 0.25) is 0 Å². The number of benzene rings is 2. The van der Waals surface area contributed by atoms with Crippen LogP contribution in [0.1, 0.15) is 12.5 Å². The molecule has 5 nitrogen and oxygen atoms in total. The Balaban J connectivity index is 1.67. The van der Waals surface area contributed by atoms with Gasteiger partial charge in [-0.25, -0.2) is 4.39 Å². The van der Waals surface area contributed by atoms with Crippen molar-refractivity contribution >= 4 is 23.2 Å². The monoisotopic (exact) mass is 350 g/mol. The zero-order valence-corrected chi connectivity index (χ0v) is 14.4. The number of halogens is 1. The van der Waals surface area contributed by atoms with E-state index in [9.17, 15) is 9.18 Å². The molecule has 0 aliphatic heterocycles. The van der Waals surface area contributed by atoms with Crippen LogP contribution in [0.3, 0.4) is 0 Å². The highest BCUT2D eigenvalue weighted by Crippen LogP contribution is 2.22. The van der Waals surface area contributed by atoms with Gasteiger partial charge in [0.05, 0.1) is 6.42 Å². The Labute approximate surface area is 151 Å². The van der Waals surface area contributed by atoms with E-state index in [4.69, 9.17) is 0 Å². The third-order valence-electron chi connectivity index (χ3n) is 3.89. The predicted molar refractivity (Wildman–Crippen MR) is 99.9 cm³/mol. The van der Waals surface area contributed by atoms with Crippen LogP contribution in [0.4, 0.5) is 21.7 Å². The molecule has 1 aromatic heterocycles. The SMILES string of the molecule is CCN(c1ccccc1)c1ccc(NC(=O)Cc2ccccc2F)nn1. The average Bonchev–Trinajstić information content (AvgIpc) is 2.66. The van der Waals surface area contributed by atoms with E-state index in [1.807, 2.05) is 42.2 Å². The molecule has 1 N–H and O–H groups in total. The van der Waals surface area contributed by atoms with E-state index in [0.29, 0.717) is 17.2 Å². The van der Waals surface area contributed by atoms with Gasteiger partial charge in [-0.2, -0.15) is 0 Å². The Kier molecular flexibility index (Phi) is 5.53. The lowest BCUT2D eigenvalue weighted by atomic mass is 10.1. The number of carbonyl (C=O) groups is 1. The number of aromatic nitrogens is 2. The molecule has 3 aromatic rings. The lowest BCUT2D eigenvalue weighted by molar-refractivity contribution is -0.115. The van der Waals surface area contributed by atoms with Gasteiger partial charge in [-0.05, 0) is 42.8 Å². The standard InChI is InChI=1S/C20H19FN4O/c1-2-25(16-9-4-3-5-10-16)19-13-12-18(23-24-19)22-20(26)14-15-8-6-7-11-17(15)21/h3-13H,2,14H2,1H3,(H,22,23,26). The van der Waals surface area contributed by atoms with E-state index in [1.165, 1.54) is 6.07 Å². The van der Waals surface area contributed by atoms with Crippen LogP contribution >= 0.6 is 0 Å². The van der Waals surface area contributed by atoms with Crippen LogP contribution < -0.4 is 10.2 Å². The van der Waals surface area contributed by atoms with Crippen molar-refractivity contribution in [2.45, 2.75) is 13.3 Å². The van der Waals surface area contributed by atoms with Crippen molar-refractivity contribution in [2.24, 2.45) is 0 Å². The second-order valence-electron chi connectivity index (χ2n) is 5.67. The zero-order chi connectivity index (χ0) is 18.4. The van der Waals surface area contributed by atoms with E-state index in [-0.39, 0.29) is 12.3 Å². The van der Waals surface area contributed by atoms with Crippen molar-refractivity contribution in [1.29, 1.82) is 0 Å². The van der Waals surface area contributed by atoms with Crippen LogP contribution in [0, 0.1) is 5.82 Å². The molecule has 0 fully saturated rings. The molecule has 3 rings (SSSR count). The zero-order valence-electron chi connectivity index (χ0n) is 14.4. The summed E-state index contributed by atoms with van der Waals surface area (Å²) in [6, 6.07) is 19.6. The van der Waals surface area contributed by atoms with Crippen LogP contribution in [0.25, 0.3) is 0 Å². The van der Waals surface area contributed by atoms with E-state index in [2.05, 4.69) is 15.5 Å². The summed E-state index contributed by atoms with van der Waals surface area (Å²) in [6.07, 6.45) is -0.0544. The van der Waals surface area contributed by atoms with Crippen LogP contribution in [-0.4, -0.2) is 22.6 Å². The molecule has 0 spiro atoms. The smallest absolute Gasteiger partial charge is 0.230 e. The molecule has 0 radical (unpaired) electrons. The Hall–Kier alpha value is -3.28. The fourth-order valence-electron chi connectivity index (χ4n) is 2.62. The second kappa shape index (κ2) is 8.20. The maximum absolute atomic E-state index is 13.6. The van der Waals surface area contributed by atoms with Crippen molar-refractivity contribution in [3.8, 4) is 0 Å². The summed E-state index contributed by atoms with van der Waals surface area (Å²) >= 11 is 0. The Morgan fingerprint density at radius 1 is 1.00 bits per heavy atom. The first-order chi connectivity index (χ1) is 12.7. The number of anilines is 3. The maximum atomic E-state index is 13.6. The first kappa shape index (κ1) is 17.5. The summed E-state index contributed by atoms with van der Waals surface area (Å²) in [5.74, 6) is 0.281. The van der Waals surface area contributed by atoms with Crippen molar-refractivity contribution in [2.75, 3.05) is 16.8 Å². The number of hydrogen-bond donors (Lipinski definition) is 1. The quantitative estimate of drug-likeness (QED) is 0.731. The topological polar surface area (TPSA) is 58.1 Å². The Morgan fingerprint density at radius 3 is 2.38 bits per heavy atom. The van der Waals surface area contributed by atoms with Gasteiger partial charge in [0.1, 0.15) is 5.82 Å². The third kappa shape index (κ3) is 4.22. The number of nitrogens with zero attached hydrogens (tertiary/aromatic N) is 3. The molecule has 0 bridgehead atoms. The van der Waals surface area contributed by atoms with E-state index < -0.39 is 5.82 Å². The summed E-state index contributed by atoms with van der Waals surface area (Å²) in [4.78, 5) is 14.1. The van der Waals surface area contributed by atoms with E-state index in [0.717, 1.165) is 12.2 Å². The first-order valence-electron chi connectivity index (χ1n) is 8.37. The minimum Gasteiger partial charge on any atom is -0.325 e. The molecular weight excluding hydrogens is 331 g/mol. The van der Waals surface area contributed by atoms with E-state index in [1.54, 1.807) is 30.3 Å². The van der Waals surface area contributed by atoms with Gasteiger partial charge in [-0.15, -0.1) is 10.2 Å². The van der Waals surface area contributed by atoms with Gasteiger partial charge in [0, 0.05) is 12.2 Å². The second-order valence-corrected chi connectivity index (χ2v) is 5.67. The number of rotatable bonds is 6. The summed E-state index contributed by atoms with van der Waals surface area (Å²) in [6.45, 7) is 2.76. The molecule has 0 saturated carbocycles. The molecule has 2 aromatic carbocycles. The lowest BCUT2D eigenvalue weighted by Crippen LogP contribution is -2.19. The van der Waals surface area contributed by atoms with Crippen molar-refractivity contribution < 1.29 is 9.18 Å². The summed E-state index contributed by atoms with van der Waals surface area (Å²) in [5, 5.41) is 10.9. The third-order valence-corrected chi connectivity index (χ3v) is 3.89. The number of para-hydroxylation sites is 1. The van der Waals surface area contributed by atoms with Crippen LogP contribution in [0.15, 0.2) is 66.7 Å². The average molecular weight is 350 g/mol. The summed E-state index contributed by atoms with van der Waals surface area (Å²) in [5.41, 5.74) is 1.36. The number of hydrogen-bond acceptors (Lipinski definition) is 4. The van der Waals surface area contributed by atoms with Gasteiger partial charge < -0.3 is 10.2 Å². The predicted octanol–water partition coefficient (Wildman–Crippen LogP) is 3.95. The Morgan fingerprint density at radius 2 is 1.73 bits per heavy atom. The molecule has 1 amide bonds. The van der Waals surface area contributed by atoms with Gasteiger partial charge in [0.15, 0.2) is 11.6 Å². The molecule has 0 saturated heterocycles. The fourth-order valence-corrected chi connectivity index (χ4v) is 2.62. The largest absolute Gasteiger partial charge is 0.325 e. The van der Waals surface area contributed by atoms with Crippen LogP contribution in [0.5, 0.6) is 0 Å². The van der Waals surface area contributed by atoms with Crippen molar-refractivity contribution in [3.05, 3.63) is 78.1 Å². The highest BCUT2D eigenvalue weighted by Gasteiger charge is 2.11. The summed E-state index contributed by atoms with van der Waals surface area (Å²) < 4.78 is 13.6. The highest BCUT2D eigenvalue weighted by molar-refractivity contribution is 5.91. The highest BCUT2D eigenvalue weighted by atomic mass is 19.1. The molecule has 132 valence electrons. The Bertz CT molecular complexity index is 868. The minimum atomic E-state index is -0.398. The number of amides is 1. The normalized spacial score (nSPS) is 10.4. The van der Waals surface area contributed by atoms with Gasteiger partial charge in [0.25, 0.3) is 0 Å².